The number of benzene rings is 3. The van der Waals surface area contributed by atoms with E-state index >= 15 is 0 Å². The summed E-state index contributed by atoms with van der Waals surface area (Å²) in [6.45, 7) is 5.85. The normalized spacial score (nSPS) is 11.6. The number of hydrogen-bond donors (Lipinski definition) is 2. The minimum Gasteiger partial charge on any atom is -0.504 e. The van der Waals surface area contributed by atoms with Gasteiger partial charge in [-0.25, -0.2) is 8.42 Å². The van der Waals surface area contributed by atoms with Crippen LogP contribution in [0.1, 0.15) is 16.7 Å². The Labute approximate surface area is 159 Å². The summed E-state index contributed by atoms with van der Waals surface area (Å²) in [6.07, 6.45) is 1.12. The lowest BCUT2D eigenvalue weighted by atomic mass is 9.89. The summed E-state index contributed by atoms with van der Waals surface area (Å²) in [5.41, 5.74) is 4.54. The van der Waals surface area contributed by atoms with E-state index in [-0.39, 0.29) is 5.75 Å². The highest BCUT2D eigenvalue weighted by molar-refractivity contribution is 7.92. The zero-order valence-corrected chi connectivity index (χ0v) is 16.9. The van der Waals surface area contributed by atoms with Gasteiger partial charge in [-0.15, -0.1) is 0 Å². The molecule has 0 heterocycles. The second-order valence-electron chi connectivity index (χ2n) is 6.76. The number of aromatic hydroxyl groups is 1. The Bertz CT molecular complexity index is 1150. The van der Waals surface area contributed by atoms with Crippen LogP contribution in [0, 0.1) is 20.8 Å². The number of phenolic OH excluding ortho intramolecular Hbond substituents is 1. The molecular formula is C21H23NO4S. The molecule has 3 rings (SSSR count). The van der Waals surface area contributed by atoms with Gasteiger partial charge in [-0.05, 0) is 60.4 Å². The minimum atomic E-state index is -3.50. The topological polar surface area (TPSA) is 75.6 Å². The van der Waals surface area contributed by atoms with Crippen molar-refractivity contribution in [1.29, 1.82) is 0 Å². The maximum absolute atomic E-state index is 12.0. The zero-order valence-electron chi connectivity index (χ0n) is 16.0. The van der Waals surface area contributed by atoms with E-state index < -0.39 is 10.0 Å². The Balaban J connectivity index is 2.51. The van der Waals surface area contributed by atoms with E-state index in [9.17, 15) is 13.5 Å². The van der Waals surface area contributed by atoms with Crippen molar-refractivity contribution in [3.05, 3.63) is 53.1 Å². The van der Waals surface area contributed by atoms with Crippen LogP contribution in [0.5, 0.6) is 11.5 Å². The Morgan fingerprint density at radius 1 is 1.00 bits per heavy atom. The third-order valence-electron chi connectivity index (χ3n) is 4.91. The molecule has 0 saturated heterocycles. The third-order valence-corrected chi connectivity index (χ3v) is 5.50. The molecule has 0 aliphatic carbocycles. The first-order chi connectivity index (χ1) is 12.6. The molecule has 0 amide bonds. The number of methoxy groups -OCH3 is 1. The van der Waals surface area contributed by atoms with Gasteiger partial charge in [0.2, 0.25) is 10.0 Å². The molecule has 2 N–H and O–H groups in total. The van der Waals surface area contributed by atoms with Gasteiger partial charge >= 0.3 is 0 Å². The zero-order chi connectivity index (χ0) is 19.9. The number of fused-ring (bicyclic) bond motifs is 1. The lowest BCUT2D eigenvalue weighted by molar-refractivity contribution is 0.375. The Morgan fingerprint density at radius 2 is 1.67 bits per heavy atom. The fourth-order valence-electron chi connectivity index (χ4n) is 3.40. The third kappa shape index (κ3) is 3.45. The minimum absolute atomic E-state index is 0.0147. The molecule has 0 atom stereocenters. The number of anilines is 1. The van der Waals surface area contributed by atoms with Gasteiger partial charge in [-0.3, -0.25) is 4.72 Å². The first-order valence-corrected chi connectivity index (χ1v) is 10.4. The monoisotopic (exact) mass is 385 g/mol. The van der Waals surface area contributed by atoms with Crippen LogP contribution in [0.25, 0.3) is 21.9 Å². The standard InChI is InChI=1S/C21H23NO4S/c1-12-10-17(22-27(5,24)25)19(14(3)13(12)2)20-16-9-7-6-8-15(16)11-18(26-4)21(20)23/h6-11,22-23H,1-5H3. The van der Waals surface area contributed by atoms with E-state index in [1.54, 1.807) is 12.1 Å². The summed E-state index contributed by atoms with van der Waals surface area (Å²) in [4.78, 5) is 0. The molecule has 0 aliphatic heterocycles. The molecule has 3 aromatic carbocycles. The summed E-state index contributed by atoms with van der Waals surface area (Å²) < 4.78 is 31.9. The van der Waals surface area contributed by atoms with Crippen molar-refractivity contribution in [3.63, 3.8) is 0 Å². The molecule has 142 valence electrons. The lowest BCUT2D eigenvalue weighted by Crippen LogP contribution is -2.12. The number of ether oxygens (including phenoxy) is 1. The molecule has 0 aliphatic rings. The van der Waals surface area contributed by atoms with Crippen LogP contribution in [-0.4, -0.2) is 26.9 Å². The largest absolute Gasteiger partial charge is 0.504 e. The SMILES string of the molecule is COc1cc2ccccc2c(-c2c(NS(C)(=O)=O)cc(C)c(C)c2C)c1O. The van der Waals surface area contributed by atoms with Crippen molar-refractivity contribution in [1.82, 2.24) is 0 Å². The number of hydrogen-bond acceptors (Lipinski definition) is 4. The Hall–Kier alpha value is -2.73. The van der Waals surface area contributed by atoms with Crippen LogP contribution in [0.2, 0.25) is 0 Å². The molecule has 6 heteroatoms. The summed E-state index contributed by atoms with van der Waals surface area (Å²) >= 11 is 0. The average Bonchev–Trinajstić information content (AvgIpc) is 2.59. The number of rotatable bonds is 4. The van der Waals surface area contributed by atoms with E-state index in [0.717, 1.165) is 33.7 Å². The summed E-state index contributed by atoms with van der Waals surface area (Å²) in [7, 11) is -2.00. The molecule has 0 unspecified atom stereocenters. The van der Waals surface area contributed by atoms with Gasteiger partial charge in [0.05, 0.1) is 19.1 Å². The van der Waals surface area contributed by atoms with E-state index in [2.05, 4.69) is 4.72 Å². The molecule has 0 saturated carbocycles. The fourth-order valence-corrected chi connectivity index (χ4v) is 3.96. The molecule has 3 aromatic rings. The molecule has 5 nitrogen and oxygen atoms in total. The highest BCUT2D eigenvalue weighted by atomic mass is 32.2. The van der Waals surface area contributed by atoms with Crippen LogP contribution < -0.4 is 9.46 Å². The van der Waals surface area contributed by atoms with Crippen LogP contribution >= 0.6 is 0 Å². The van der Waals surface area contributed by atoms with E-state index in [1.165, 1.54) is 7.11 Å². The predicted octanol–water partition coefficient (Wildman–Crippen LogP) is 4.52. The van der Waals surface area contributed by atoms with Gasteiger partial charge < -0.3 is 9.84 Å². The number of nitrogens with one attached hydrogen (secondary N) is 1. The number of phenols is 1. The molecule has 27 heavy (non-hydrogen) atoms. The smallest absolute Gasteiger partial charge is 0.229 e. The van der Waals surface area contributed by atoms with Crippen LogP contribution in [0.3, 0.4) is 0 Å². The first kappa shape index (κ1) is 19.0. The van der Waals surface area contributed by atoms with Gasteiger partial charge in [-0.1, -0.05) is 24.3 Å². The van der Waals surface area contributed by atoms with Crippen molar-refractivity contribution in [2.75, 3.05) is 18.1 Å². The van der Waals surface area contributed by atoms with Crippen molar-refractivity contribution >= 4 is 26.5 Å². The first-order valence-electron chi connectivity index (χ1n) is 8.51. The molecule has 0 spiro atoms. The Kier molecular flexibility index (Phi) is 4.78. The van der Waals surface area contributed by atoms with Crippen LogP contribution in [0.4, 0.5) is 5.69 Å². The number of sulfonamides is 1. The van der Waals surface area contributed by atoms with Crippen molar-refractivity contribution in [2.45, 2.75) is 20.8 Å². The molecule has 0 radical (unpaired) electrons. The second kappa shape index (κ2) is 6.78. The number of aryl methyl sites for hydroxylation is 1. The van der Waals surface area contributed by atoms with Gasteiger partial charge in [0.1, 0.15) is 0 Å². The predicted molar refractivity (Wildman–Crippen MR) is 110 cm³/mol. The van der Waals surface area contributed by atoms with Gasteiger partial charge in [0.25, 0.3) is 0 Å². The summed E-state index contributed by atoms with van der Waals surface area (Å²) in [5, 5.41) is 12.7. The second-order valence-corrected chi connectivity index (χ2v) is 8.51. The fraction of sp³-hybridized carbons (Fsp3) is 0.238. The average molecular weight is 385 g/mol. The van der Waals surface area contributed by atoms with Crippen molar-refractivity contribution in [2.24, 2.45) is 0 Å². The van der Waals surface area contributed by atoms with Crippen LogP contribution in [-0.2, 0) is 10.0 Å². The van der Waals surface area contributed by atoms with Gasteiger partial charge in [0, 0.05) is 11.1 Å². The lowest BCUT2D eigenvalue weighted by Gasteiger charge is -2.21. The summed E-state index contributed by atoms with van der Waals surface area (Å²) in [6, 6.07) is 11.2. The maximum atomic E-state index is 12.0. The van der Waals surface area contributed by atoms with Crippen molar-refractivity contribution in [3.8, 4) is 22.6 Å². The summed E-state index contributed by atoms with van der Waals surface area (Å²) in [5.74, 6) is 0.325. The molecular weight excluding hydrogens is 362 g/mol. The highest BCUT2D eigenvalue weighted by Crippen LogP contribution is 2.47. The van der Waals surface area contributed by atoms with E-state index in [4.69, 9.17) is 4.74 Å². The molecule has 0 bridgehead atoms. The molecule has 0 aromatic heterocycles. The van der Waals surface area contributed by atoms with E-state index in [0.29, 0.717) is 22.6 Å². The van der Waals surface area contributed by atoms with Crippen molar-refractivity contribution < 1.29 is 18.3 Å². The van der Waals surface area contributed by atoms with Crippen LogP contribution in [0.15, 0.2) is 36.4 Å². The maximum Gasteiger partial charge on any atom is 0.229 e. The Morgan fingerprint density at radius 3 is 2.30 bits per heavy atom. The van der Waals surface area contributed by atoms with Gasteiger partial charge in [0.15, 0.2) is 11.5 Å². The van der Waals surface area contributed by atoms with Gasteiger partial charge in [-0.2, -0.15) is 0 Å². The van der Waals surface area contributed by atoms with E-state index in [1.807, 2.05) is 45.0 Å². The molecule has 0 fully saturated rings. The quantitative estimate of drug-likeness (QED) is 0.692. The highest BCUT2D eigenvalue weighted by Gasteiger charge is 2.22.